The second-order valence-electron chi connectivity index (χ2n) is 9.72. The van der Waals surface area contributed by atoms with Crippen molar-refractivity contribution in [2.45, 2.75) is 39.0 Å². The Bertz CT molecular complexity index is 1400. The van der Waals surface area contributed by atoms with Crippen molar-refractivity contribution in [1.29, 1.82) is 0 Å². The van der Waals surface area contributed by atoms with Crippen LogP contribution in [0.3, 0.4) is 0 Å². The van der Waals surface area contributed by atoms with Crippen LogP contribution in [0.2, 0.25) is 0 Å². The first-order chi connectivity index (χ1) is 19.0. The van der Waals surface area contributed by atoms with Crippen LogP contribution in [-0.4, -0.2) is 24.7 Å². The van der Waals surface area contributed by atoms with E-state index in [0.717, 1.165) is 39.1 Å². The highest BCUT2D eigenvalue weighted by molar-refractivity contribution is 5.81. The average molecular weight is 522 g/mol. The van der Waals surface area contributed by atoms with Crippen LogP contribution in [0.25, 0.3) is 11.1 Å². The maximum atomic E-state index is 12.5. The van der Waals surface area contributed by atoms with Crippen LogP contribution in [0, 0.1) is 6.92 Å². The third-order valence-electron chi connectivity index (χ3n) is 6.86. The molecule has 4 aromatic rings. The number of amides is 1. The van der Waals surface area contributed by atoms with Crippen LogP contribution >= 0.6 is 0 Å². The van der Waals surface area contributed by atoms with E-state index in [4.69, 9.17) is 14.2 Å². The van der Waals surface area contributed by atoms with Gasteiger partial charge in [0.1, 0.15) is 31.6 Å². The van der Waals surface area contributed by atoms with Gasteiger partial charge in [-0.3, -0.25) is 0 Å². The van der Waals surface area contributed by atoms with Crippen LogP contribution in [0.5, 0.6) is 5.75 Å². The second-order valence-corrected chi connectivity index (χ2v) is 9.72. The van der Waals surface area contributed by atoms with Crippen molar-refractivity contribution in [2.24, 2.45) is 0 Å². The molecule has 0 aliphatic heterocycles. The lowest BCUT2D eigenvalue weighted by Crippen LogP contribution is -2.40. The third kappa shape index (κ3) is 6.29. The van der Waals surface area contributed by atoms with Gasteiger partial charge < -0.3 is 19.5 Å². The first-order valence-electron chi connectivity index (χ1n) is 13.0. The number of ether oxygens (including phenoxy) is 3. The minimum absolute atomic E-state index is 0.0470. The lowest BCUT2D eigenvalue weighted by Gasteiger charge is -2.17. The van der Waals surface area contributed by atoms with Gasteiger partial charge >= 0.3 is 12.1 Å². The fourth-order valence-electron chi connectivity index (χ4n) is 4.69. The molecule has 0 heterocycles. The zero-order chi connectivity index (χ0) is 27.2. The van der Waals surface area contributed by atoms with Crippen molar-refractivity contribution >= 4 is 12.1 Å². The van der Waals surface area contributed by atoms with E-state index in [-0.39, 0.29) is 19.1 Å². The topological polar surface area (TPSA) is 73.9 Å². The van der Waals surface area contributed by atoms with E-state index in [1.54, 1.807) is 6.92 Å². The quantitative estimate of drug-likeness (QED) is 0.253. The molecule has 39 heavy (non-hydrogen) atoms. The van der Waals surface area contributed by atoms with Gasteiger partial charge in [0.25, 0.3) is 0 Å². The highest BCUT2D eigenvalue weighted by Crippen LogP contribution is 2.44. The number of rotatable bonds is 9. The monoisotopic (exact) mass is 521 g/mol. The molecular weight excluding hydrogens is 490 g/mol. The summed E-state index contributed by atoms with van der Waals surface area (Å²) in [6, 6.07) is 31.0. The molecule has 6 heteroatoms. The molecule has 0 aromatic heterocycles. The Morgan fingerprint density at radius 1 is 0.744 bits per heavy atom. The number of alkyl carbamates (subject to hydrolysis) is 1. The molecule has 4 aromatic carbocycles. The molecule has 198 valence electrons. The number of aryl methyl sites for hydroxylation is 1. The van der Waals surface area contributed by atoms with Gasteiger partial charge in [-0.1, -0.05) is 90.5 Å². The number of hydrogen-bond acceptors (Lipinski definition) is 5. The van der Waals surface area contributed by atoms with Gasteiger partial charge in [0, 0.05) is 5.92 Å². The summed E-state index contributed by atoms with van der Waals surface area (Å²) in [6.45, 7) is 4.38. The number of carbonyl (C=O) groups excluding carboxylic acids is 2. The van der Waals surface area contributed by atoms with Crippen LogP contribution in [0.15, 0.2) is 97.1 Å². The lowest BCUT2D eigenvalue weighted by atomic mass is 9.98. The van der Waals surface area contributed by atoms with Gasteiger partial charge in [-0.15, -0.1) is 0 Å². The molecule has 6 nitrogen and oxygen atoms in total. The highest BCUT2D eigenvalue weighted by atomic mass is 16.6. The van der Waals surface area contributed by atoms with Gasteiger partial charge in [0.15, 0.2) is 0 Å². The Morgan fingerprint density at radius 2 is 1.31 bits per heavy atom. The van der Waals surface area contributed by atoms with E-state index >= 15 is 0 Å². The van der Waals surface area contributed by atoms with E-state index in [2.05, 4.69) is 48.6 Å². The van der Waals surface area contributed by atoms with Crippen molar-refractivity contribution in [3.8, 4) is 16.9 Å². The summed E-state index contributed by atoms with van der Waals surface area (Å²) in [5.41, 5.74) is 7.70. The van der Waals surface area contributed by atoms with Crippen molar-refractivity contribution in [3.05, 3.63) is 125 Å². The van der Waals surface area contributed by atoms with Gasteiger partial charge in [0.2, 0.25) is 0 Å². The summed E-state index contributed by atoms with van der Waals surface area (Å²) >= 11 is 0. The Labute approximate surface area is 228 Å². The lowest BCUT2D eigenvalue weighted by molar-refractivity contribution is -0.146. The first-order valence-corrected chi connectivity index (χ1v) is 13.0. The summed E-state index contributed by atoms with van der Waals surface area (Å²) in [4.78, 5) is 24.9. The summed E-state index contributed by atoms with van der Waals surface area (Å²) in [7, 11) is 0. The van der Waals surface area contributed by atoms with E-state index < -0.39 is 18.1 Å². The number of nitrogens with one attached hydrogen (secondary N) is 1. The summed E-state index contributed by atoms with van der Waals surface area (Å²) in [6.07, 6.45) is -0.656. The Balaban J connectivity index is 1.06. The number of esters is 1. The summed E-state index contributed by atoms with van der Waals surface area (Å²) in [5, 5.41) is 2.58. The first kappa shape index (κ1) is 26.0. The van der Waals surface area contributed by atoms with E-state index in [9.17, 15) is 9.59 Å². The van der Waals surface area contributed by atoms with Crippen LogP contribution in [0.1, 0.15) is 40.7 Å². The smallest absolute Gasteiger partial charge is 0.407 e. The van der Waals surface area contributed by atoms with Crippen molar-refractivity contribution in [1.82, 2.24) is 5.32 Å². The minimum atomic E-state index is -0.849. The minimum Gasteiger partial charge on any atom is -0.489 e. The Hall–Kier alpha value is -4.58. The van der Waals surface area contributed by atoms with Gasteiger partial charge in [0.05, 0.1) is 0 Å². The molecule has 0 saturated carbocycles. The highest BCUT2D eigenvalue weighted by Gasteiger charge is 2.29. The van der Waals surface area contributed by atoms with Crippen molar-refractivity contribution in [3.63, 3.8) is 0 Å². The Kier molecular flexibility index (Phi) is 7.92. The van der Waals surface area contributed by atoms with E-state index in [1.165, 1.54) is 5.56 Å². The van der Waals surface area contributed by atoms with E-state index in [0.29, 0.717) is 6.61 Å². The van der Waals surface area contributed by atoms with Crippen LogP contribution in [0.4, 0.5) is 4.79 Å². The third-order valence-corrected chi connectivity index (χ3v) is 6.86. The predicted octanol–water partition coefficient (Wildman–Crippen LogP) is 6.54. The molecule has 5 rings (SSSR count). The molecule has 0 unspecified atom stereocenters. The molecular formula is C33H31NO5. The SMILES string of the molecule is Cc1ccc(COc2ccc(COC(=O)[C@@H](C)NC(=O)OCC3c4ccccc4-c4ccccc43)cc2)cc1. The largest absolute Gasteiger partial charge is 0.489 e. The fourth-order valence-corrected chi connectivity index (χ4v) is 4.69. The second kappa shape index (κ2) is 11.9. The van der Waals surface area contributed by atoms with E-state index in [1.807, 2.05) is 60.7 Å². The molecule has 1 atom stereocenters. The van der Waals surface area contributed by atoms with Gasteiger partial charge in [-0.05, 0) is 59.4 Å². The predicted molar refractivity (Wildman–Crippen MR) is 149 cm³/mol. The molecule has 1 amide bonds. The molecule has 1 N–H and O–H groups in total. The molecule has 0 bridgehead atoms. The molecule has 0 spiro atoms. The van der Waals surface area contributed by atoms with Crippen molar-refractivity contribution < 1.29 is 23.8 Å². The normalized spacial score (nSPS) is 12.7. The molecule has 1 aliphatic carbocycles. The zero-order valence-corrected chi connectivity index (χ0v) is 22.1. The number of benzene rings is 4. The number of hydrogen-bond donors (Lipinski definition) is 1. The fraction of sp³-hybridized carbons (Fsp3) is 0.212. The Morgan fingerprint density at radius 3 is 1.95 bits per heavy atom. The van der Waals surface area contributed by atoms with Gasteiger partial charge in [-0.2, -0.15) is 0 Å². The maximum Gasteiger partial charge on any atom is 0.407 e. The van der Waals surface area contributed by atoms with Crippen molar-refractivity contribution in [2.75, 3.05) is 6.61 Å². The molecule has 0 radical (unpaired) electrons. The van der Waals surface area contributed by atoms with Crippen LogP contribution < -0.4 is 10.1 Å². The molecule has 0 fully saturated rings. The van der Waals surface area contributed by atoms with Gasteiger partial charge in [-0.25, -0.2) is 9.59 Å². The molecule has 1 aliphatic rings. The summed E-state index contributed by atoms with van der Waals surface area (Å²) in [5.74, 6) is 0.147. The standard InChI is InChI=1S/C33H31NO5/c1-22-11-13-24(14-12-22)19-37-26-17-15-25(16-18-26)20-38-32(35)23(2)34-33(36)39-21-31-29-9-5-3-7-27(29)28-8-4-6-10-30(28)31/h3-18,23,31H,19-21H2,1-2H3,(H,34,36)/t23-/m1/s1. The number of fused-ring (bicyclic) bond motifs is 3. The maximum absolute atomic E-state index is 12.5. The van der Waals surface area contributed by atoms with Crippen LogP contribution in [-0.2, 0) is 27.5 Å². The molecule has 0 saturated heterocycles. The zero-order valence-electron chi connectivity index (χ0n) is 22.1. The average Bonchev–Trinajstić information content (AvgIpc) is 3.28. The number of carbonyl (C=O) groups is 2. The summed E-state index contributed by atoms with van der Waals surface area (Å²) < 4.78 is 16.7.